The Morgan fingerprint density at radius 3 is 2.82 bits per heavy atom. The fourth-order valence-electron chi connectivity index (χ4n) is 1.97. The van der Waals surface area contributed by atoms with Crippen LogP contribution in [0.2, 0.25) is 0 Å². The third-order valence-corrected chi connectivity index (χ3v) is 2.88. The molecule has 0 aliphatic carbocycles. The van der Waals surface area contributed by atoms with Gasteiger partial charge < -0.3 is 4.90 Å². The van der Waals surface area contributed by atoms with Crippen LogP contribution < -0.4 is 4.90 Å². The molecule has 0 fully saturated rings. The topological polar surface area (TPSA) is 29.0 Å². The normalized spacial score (nSPS) is 10.7. The number of hydrogen-bond donors (Lipinski definition) is 0. The first-order chi connectivity index (χ1) is 8.36. The maximum absolute atomic E-state index is 5.86. The minimum absolute atomic E-state index is 0.622. The molecule has 0 aliphatic heterocycles. The summed E-state index contributed by atoms with van der Waals surface area (Å²) in [6, 6.07) is 8.07. The number of benzene rings is 1. The van der Waals surface area contributed by atoms with Crippen molar-refractivity contribution in [2.24, 2.45) is 0 Å². The van der Waals surface area contributed by atoms with Gasteiger partial charge in [0.1, 0.15) is 0 Å². The monoisotopic (exact) mass is 249 g/mol. The Morgan fingerprint density at radius 2 is 2.06 bits per heavy atom. The first kappa shape index (κ1) is 12.1. The van der Waals surface area contributed by atoms with E-state index in [0.717, 1.165) is 36.1 Å². The summed E-state index contributed by atoms with van der Waals surface area (Å²) in [5.41, 5.74) is 2.05. The van der Waals surface area contributed by atoms with E-state index in [2.05, 4.69) is 28.1 Å². The summed E-state index contributed by atoms with van der Waals surface area (Å²) < 4.78 is 0. The van der Waals surface area contributed by atoms with Gasteiger partial charge in [0, 0.05) is 24.4 Å². The van der Waals surface area contributed by atoms with Crippen LogP contribution in [0.3, 0.4) is 0 Å². The predicted octanol–water partition coefficient (Wildman–Crippen LogP) is 3.09. The van der Waals surface area contributed by atoms with E-state index in [4.69, 9.17) is 11.6 Å². The van der Waals surface area contributed by atoms with Gasteiger partial charge in [0.25, 0.3) is 0 Å². The molecule has 3 nitrogen and oxygen atoms in total. The lowest BCUT2D eigenvalue weighted by Gasteiger charge is -2.23. The Kier molecular flexibility index (Phi) is 4.15. The molecule has 0 bridgehead atoms. The summed E-state index contributed by atoms with van der Waals surface area (Å²) in [4.78, 5) is 2.27. The Balaban J connectivity index is 2.44. The standard InChI is InChI=1S/C13H16ClN3/c1-2-8-17(9-7-14)13-10-15-16-12-6-4-3-5-11(12)13/h3-6,10H,2,7-9H2,1H3. The van der Waals surface area contributed by atoms with Crippen LogP contribution in [0.25, 0.3) is 10.9 Å². The number of nitrogens with zero attached hydrogens (tertiary/aromatic N) is 3. The molecule has 4 heteroatoms. The van der Waals surface area contributed by atoms with Crippen molar-refractivity contribution in [1.82, 2.24) is 10.2 Å². The Bertz CT molecular complexity index is 476. The third kappa shape index (κ3) is 2.67. The van der Waals surface area contributed by atoms with E-state index in [9.17, 15) is 0 Å². The molecule has 0 N–H and O–H groups in total. The molecule has 0 amide bonds. The second kappa shape index (κ2) is 5.82. The number of rotatable bonds is 5. The first-order valence-electron chi connectivity index (χ1n) is 5.88. The summed E-state index contributed by atoms with van der Waals surface area (Å²) >= 11 is 5.86. The zero-order chi connectivity index (χ0) is 12.1. The van der Waals surface area contributed by atoms with Crippen molar-refractivity contribution in [2.45, 2.75) is 13.3 Å². The average molecular weight is 250 g/mol. The van der Waals surface area contributed by atoms with E-state index in [-0.39, 0.29) is 0 Å². The van der Waals surface area contributed by atoms with Crippen molar-refractivity contribution in [1.29, 1.82) is 0 Å². The predicted molar refractivity (Wildman–Crippen MR) is 72.8 cm³/mol. The van der Waals surface area contributed by atoms with Gasteiger partial charge in [0.05, 0.1) is 17.4 Å². The zero-order valence-corrected chi connectivity index (χ0v) is 10.7. The Hall–Kier alpha value is -1.35. The van der Waals surface area contributed by atoms with Crippen LogP contribution in [-0.2, 0) is 0 Å². The molecule has 0 saturated heterocycles. The molecule has 1 aromatic carbocycles. The molecular weight excluding hydrogens is 234 g/mol. The second-order valence-electron chi connectivity index (χ2n) is 3.92. The van der Waals surface area contributed by atoms with Gasteiger partial charge in [-0.3, -0.25) is 0 Å². The molecule has 0 aliphatic rings. The first-order valence-corrected chi connectivity index (χ1v) is 6.41. The zero-order valence-electron chi connectivity index (χ0n) is 9.93. The van der Waals surface area contributed by atoms with Crippen LogP contribution in [0.5, 0.6) is 0 Å². The van der Waals surface area contributed by atoms with Gasteiger partial charge in [0.2, 0.25) is 0 Å². The van der Waals surface area contributed by atoms with Crippen LogP contribution in [0.4, 0.5) is 5.69 Å². The molecule has 0 radical (unpaired) electrons. The Morgan fingerprint density at radius 1 is 1.24 bits per heavy atom. The lowest BCUT2D eigenvalue weighted by atomic mass is 10.2. The smallest absolute Gasteiger partial charge is 0.0950 e. The summed E-state index contributed by atoms with van der Waals surface area (Å²) in [5, 5.41) is 9.34. The summed E-state index contributed by atoms with van der Waals surface area (Å²) in [7, 11) is 0. The molecule has 0 unspecified atom stereocenters. The molecule has 90 valence electrons. The fourth-order valence-corrected chi connectivity index (χ4v) is 2.17. The van der Waals surface area contributed by atoms with Crippen LogP contribution in [0.1, 0.15) is 13.3 Å². The SMILES string of the molecule is CCCN(CCCl)c1cnnc2ccccc12. The summed E-state index contributed by atoms with van der Waals surface area (Å²) in [6.07, 6.45) is 2.91. The van der Waals surface area contributed by atoms with Gasteiger partial charge in [0.15, 0.2) is 0 Å². The van der Waals surface area contributed by atoms with Crippen LogP contribution in [0.15, 0.2) is 30.5 Å². The Labute approximate surface area is 106 Å². The van der Waals surface area contributed by atoms with E-state index in [1.165, 1.54) is 0 Å². The summed E-state index contributed by atoms with van der Waals surface area (Å²) in [5.74, 6) is 0.622. The van der Waals surface area contributed by atoms with E-state index >= 15 is 0 Å². The fraction of sp³-hybridized carbons (Fsp3) is 0.385. The maximum atomic E-state index is 5.86. The third-order valence-electron chi connectivity index (χ3n) is 2.71. The van der Waals surface area contributed by atoms with Crippen LogP contribution in [-0.4, -0.2) is 29.2 Å². The number of anilines is 1. The molecule has 17 heavy (non-hydrogen) atoms. The molecule has 2 rings (SSSR count). The molecule has 2 aromatic rings. The highest BCUT2D eigenvalue weighted by atomic mass is 35.5. The molecule has 1 heterocycles. The van der Waals surface area contributed by atoms with Crippen molar-refractivity contribution in [2.75, 3.05) is 23.9 Å². The van der Waals surface area contributed by atoms with E-state index in [1.54, 1.807) is 0 Å². The minimum atomic E-state index is 0.622. The number of halogens is 1. The van der Waals surface area contributed by atoms with E-state index in [0.29, 0.717) is 5.88 Å². The highest BCUT2D eigenvalue weighted by Crippen LogP contribution is 2.24. The van der Waals surface area contributed by atoms with Gasteiger partial charge in [-0.2, -0.15) is 10.2 Å². The molecule has 0 spiro atoms. The lowest BCUT2D eigenvalue weighted by molar-refractivity contribution is 0.793. The molecule has 0 atom stereocenters. The molecular formula is C13H16ClN3. The number of fused-ring (bicyclic) bond motifs is 1. The summed E-state index contributed by atoms with van der Waals surface area (Å²) in [6.45, 7) is 3.99. The lowest BCUT2D eigenvalue weighted by Crippen LogP contribution is -2.26. The van der Waals surface area contributed by atoms with Gasteiger partial charge >= 0.3 is 0 Å². The highest BCUT2D eigenvalue weighted by molar-refractivity contribution is 6.18. The second-order valence-corrected chi connectivity index (χ2v) is 4.30. The van der Waals surface area contributed by atoms with Crippen molar-refractivity contribution in [3.8, 4) is 0 Å². The molecule has 0 saturated carbocycles. The number of alkyl halides is 1. The van der Waals surface area contributed by atoms with Crippen LogP contribution >= 0.6 is 11.6 Å². The van der Waals surface area contributed by atoms with Gasteiger partial charge in [-0.15, -0.1) is 11.6 Å². The van der Waals surface area contributed by atoms with Crippen LogP contribution in [0, 0.1) is 0 Å². The van der Waals surface area contributed by atoms with Gasteiger partial charge in [-0.25, -0.2) is 0 Å². The van der Waals surface area contributed by atoms with Crippen molar-refractivity contribution in [3.05, 3.63) is 30.5 Å². The van der Waals surface area contributed by atoms with Crippen molar-refractivity contribution < 1.29 is 0 Å². The maximum Gasteiger partial charge on any atom is 0.0950 e. The average Bonchev–Trinajstić information content (AvgIpc) is 2.38. The largest absolute Gasteiger partial charge is 0.369 e. The molecule has 1 aromatic heterocycles. The minimum Gasteiger partial charge on any atom is -0.369 e. The van der Waals surface area contributed by atoms with Crippen molar-refractivity contribution >= 4 is 28.2 Å². The number of hydrogen-bond acceptors (Lipinski definition) is 3. The van der Waals surface area contributed by atoms with E-state index in [1.807, 2.05) is 24.4 Å². The van der Waals surface area contributed by atoms with Gasteiger partial charge in [-0.05, 0) is 12.5 Å². The van der Waals surface area contributed by atoms with Crippen molar-refractivity contribution in [3.63, 3.8) is 0 Å². The highest BCUT2D eigenvalue weighted by Gasteiger charge is 2.09. The van der Waals surface area contributed by atoms with Gasteiger partial charge in [-0.1, -0.05) is 25.1 Å². The quantitative estimate of drug-likeness (QED) is 0.763. The number of aromatic nitrogens is 2. The van der Waals surface area contributed by atoms with E-state index < -0.39 is 0 Å².